The minimum Gasteiger partial charge on any atom is -0.465 e. The van der Waals surface area contributed by atoms with Gasteiger partial charge in [-0.15, -0.1) is 11.3 Å². The molecule has 2 N–H and O–H groups in total. The van der Waals surface area contributed by atoms with Crippen LogP contribution < -0.4 is 10.6 Å². The Morgan fingerprint density at radius 3 is 2.36 bits per heavy atom. The lowest BCUT2D eigenvalue weighted by atomic mass is 10.1. The number of carbonyl (C=O) groups excluding carboxylic acids is 2. The summed E-state index contributed by atoms with van der Waals surface area (Å²) in [5.41, 5.74) is 2.89. The Bertz CT molecular complexity index is 810. The Kier molecular flexibility index (Phi) is 6.27. The van der Waals surface area contributed by atoms with E-state index in [4.69, 9.17) is 17.0 Å². The van der Waals surface area contributed by atoms with Crippen LogP contribution in [0, 0.1) is 6.92 Å². The Balaban J connectivity index is 2.17. The highest BCUT2D eigenvalue weighted by atomic mass is 32.1. The summed E-state index contributed by atoms with van der Waals surface area (Å²) in [6.45, 7) is 5.49. The number of hydrogen-bond acceptors (Lipinski definition) is 5. The van der Waals surface area contributed by atoms with Crippen molar-refractivity contribution in [3.63, 3.8) is 0 Å². The number of ketones is 1. The zero-order valence-corrected chi connectivity index (χ0v) is 16.2. The summed E-state index contributed by atoms with van der Waals surface area (Å²) < 4.78 is 4.90. The highest BCUT2D eigenvalue weighted by Crippen LogP contribution is 2.34. The molecule has 0 radical (unpaired) electrons. The molecular weight excluding hydrogens is 356 g/mol. The van der Waals surface area contributed by atoms with Crippen molar-refractivity contribution in [2.45, 2.75) is 27.2 Å². The average molecular weight is 377 g/mol. The van der Waals surface area contributed by atoms with E-state index in [9.17, 15) is 9.59 Å². The number of carbonyl (C=O) groups is 2. The maximum absolute atomic E-state index is 12.1. The molecule has 0 unspecified atom stereocenters. The summed E-state index contributed by atoms with van der Waals surface area (Å²) in [5.74, 6) is -0.367. The van der Waals surface area contributed by atoms with Crippen molar-refractivity contribution in [1.29, 1.82) is 0 Å². The van der Waals surface area contributed by atoms with Crippen LogP contribution in [-0.4, -0.2) is 24.0 Å². The molecule has 0 aliphatic rings. The zero-order valence-electron chi connectivity index (χ0n) is 14.6. The third-order valence-electron chi connectivity index (χ3n) is 3.73. The molecule has 0 fully saturated rings. The van der Waals surface area contributed by atoms with Crippen LogP contribution in [-0.2, 0) is 11.2 Å². The number of Topliss-reactive ketones (excluding diaryl/α,β-unsaturated/α-hetero) is 1. The number of aryl methyl sites for hydroxylation is 1. The van der Waals surface area contributed by atoms with Gasteiger partial charge in [0.25, 0.3) is 0 Å². The zero-order chi connectivity index (χ0) is 18.6. The summed E-state index contributed by atoms with van der Waals surface area (Å²) in [4.78, 5) is 24.5. The van der Waals surface area contributed by atoms with Gasteiger partial charge in [0.2, 0.25) is 0 Å². The Morgan fingerprint density at radius 2 is 1.84 bits per heavy atom. The van der Waals surface area contributed by atoms with E-state index >= 15 is 0 Å². The van der Waals surface area contributed by atoms with Crippen LogP contribution in [0.4, 0.5) is 10.7 Å². The van der Waals surface area contributed by atoms with Crippen LogP contribution in [0.15, 0.2) is 24.3 Å². The molecule has 25 heavy (non-hydrogen) atoms. The maximum Gasteiger partial charge on any atom is 0.341 e. The molecule has 2 rings (SSSR count). The predicted octanol–water partition coefficient (Wildman–Crippen LogP) is 4.42. The molecule has 1 heterocycles. The largest absolute Gasteiger partial charge is 0.465 e. The van der Waals surface area contributed by atoms with Gasteiger partial charge < -0.3 is 15.4 Å². The molecule has 5 nitrogen and oxygen atoms in total. The molecule has 0 atom stereocenters. The summed E-state index contributed by atoms with van der Waals surface area (Å²) in [5, 5.41) is 7.16. The third kappa shape index (κ3) is 4.43. The van der Waals surface area contributed by atoms with E-state index in [0.717, 1.165) is 22.5 Å². The lowest BCUT2D eigenvalue weighted by Gasteiger charge is -2.11. The molecule has 2 aromatic rings. The lowest BCUT2D eigenvalue weighted by Crippen LogP contribution is -2.20. The summed E-state index contributed by atoms with van der Waals surface area (Å²) in [6, 6.07) is 7.03. The molecule has 132 valence electrons. The fraction of sp³-hybridized carbons (Fsp3) is 0.278. The minimum atomic E-state index is -0.377. The third-order valence-corrected chi connectivity index (χ3v) is 5.00. The van der Waals surface area contributed by atoms with Crippen molar-refractivity contribution >= 4 is 51.1 Å². The number of hydrogen-bond donors (Lipinski definition) is 2. The highest BCUT2D eigenvalue weighted by molar-refractivity contribution is 7.80. The number of ether oxygens (including phenoxy) is 1. The molecule has 1 aromatic heterocycles. The van der Waals surface area contributed by atoms with E-state index in [1.165, 1.54) is 25.4 Å². The molecule has 0 saturated carbocycles. The first-order valence-corrected chi connectivity index (χ1v) is 8.99. The van der Waals surface area contributed by atoms with Crippen molar-refractivity contribution in [2.75, 3.05) is 17.7 Å². The number of anilines is 2. The van der Waals surface area contributed by atoms with Crippen LogP contribution in [0.25, 0.3) is 0 Å². The van der Waals surface area contributed by atoms with Gasteiger partial charge in [0.05, 0.1) is 12.7 Å². The SMILES string of the molecule is CCc1c(C)sc(NC(=S)Nc2ccc(C(C)=O)cc2)c1C(=O)OC. The molecule has 0 aliphatic carbocycles. The van der Waals surface area contributed by atoms with E-state index in [0.29, 0.717) is 21.2 Å². The van der Waals surface area contributed by atoms with E-state index < -0.39 is 0 Å². The van der Waals surface area contributed by atoms with E-state index in [1.807, 2.05) is 13.8 Å². The molecule has 0 spiro atoms. The van der Waals surface area contributed by atoms with Crippen molar-refractivity contribution < 1.29 is 14.3 Å². The standard InChI is InChI=1S/C18H20N2O3S2/c1-5-14-11(3)25-16(15(14)17(22)23-4)20-18(24)19-13-8-6-12(7-9-13)10(2)21/h6-9H,5H2,1-4H3,(H2,19,20,24). The lowest BCUT2D eigenvalue weighted by molar-refractivity contribution is 0.0601. The average Bonchev–Trinajstić information content (AvgIpc) is 2.89. The number of benzene rings is 1. The Labute approximate surface area is 156 Å². The normalized spacial score (nSPS) is 10.2. The van der Waals surface area contributed by atoms with Gasteiger partial charge in [-0.1, -0.05) is 6.92 Å². The number of methoxy groups -OCH3 is 1. The van der Waals surface area contributed by atoms with Gasteiger partial charge in [-0.3, -0.25) is 4.79 Å². The van der Waals surface area contributed by atoms with Gasteiger partial charge in [0, 0.05) is 16.1 Å². The Morgan fingerprint density at radius 1 is 1.20 bits per heavy atom. The van der Waals surface area contributed by atoms with Crippen LogP contribution in [0.1, 0.15) is 45.0 Å². The summed E-state index contributed by atoms with van der Waals surface area (Å²) in [6.07, 6.45) is 0.737. The van der Waals surface area contributed by atoms with E-state index in [1.54, 1.807) is 24.3 Å². The fourth-order valence-corrected chi connectivity index (χ4v) is 3.89. The Hall–Kier alpha value is -2.25. The van der Waals surface area contributed by atoms with Gasteiger partial charge in [0.15, 0.2) is 10.9 Å². The van der Waals surface area contributed by atoms with Crippen molar-refractivity contribution in [3.05, 3.63) is 45.8 Å². The first kappa shape index (κ1) is 19.1. The summed E-state index contributed by atoms with van der Waals surface area (Å²) >= 11 is 6.81. The van der Waals surface area contributed by atoms with Crippen molar-refractivity contribution in [1.82, 2.24) is 0 Å². The van der Waals surface area contributed by atoms with Crippen LogP contribution >= 0.6 is 23.6 Å². The van der Waals surface area contributed by atoms with Crippen LogP contribution in [0.2, 0.25) is 0 Å². The maximum atomic E-state index is 12.1. The minimum absolute atomic E-state index is 0.0103. The van der Waals surface area contributed by atoms with Crippen molar-refractivity contribution in [3.8, 4) is 0 Å². The van der Waals surface area contributed by atoms with Gasteiger partial charge in [0.1, 0.15) is 5.00 Å². The van der Waals surface area contributed by atoms with Crippen LogP contribution in [0.3, 0.4) is 0 Å². The van der Waals surface area contributed by atoms with E-state index in [-0.39, 0.29) is 11.8 Å². The molecule has 1 aromatic carbocycles. The number of thiocarbonyl (C=S) groups is 1. The number of thiophene rings is 1. The van der Waals surface area contributed by atoms with Gasteiger partial charge in [-0.25, -0.2) is 4.79 Å². The first-order valence-electron chi connectivity index (χ1n) is 7.77. The number of rotatable bonds is 5. The number of esters is 1. The van der Waals surface area contributed by atoms with E-state index in [2.05, 4.69) is 10.6 Å². The molecule has 7 heteroatoms. The quantitative estimate of drug-likeness (QED) is 0.457. The van der Waals surface area contributed by atoms with Gasteiger partial charge in [-0.05, 0) is 62.3 Å². The summed E-state index contributed by atoms with van der Waals surface area (Å²) in [7, 11) is 1.37. The first-order chi connectivity index (χ1) is 11.9. The molecule has 0 aliphatic heterocycles. The topological polar surface area (TPSA) is 67.4 Å². The molecule has 0 saturated heterocycles. The fourth-order valence-electron chi connectivity index (χ4n) is 2.46. The predicted molar refractivity (Wildman–Crippen MR) is 106 cm³/mol. The molecular formula is C18H20N2O3S2. The highest BCUT2D eigenvalue weighted by Gasteiger charge is 2.22. The molecule has 0 amide bonds. The van der Waals surface area contributed by atoms with Crippen molar-refractivity contribution in [2.24, 2.45) is 0 Å². The monoisotopic (exact) mass is 376 g/mol. The number of nitrogens with one attached hydrogen (secondary N) is 2. The second-order valence-electron chi connectivity index (χ2n) is 5.40. The smallest absolute Gasteiger partial charge is 0.341 e. The molecule has 0 bridgehead atoms. The van der Waals surface area contributed by atoms with Gasteiger partial charge >= 0.3 is 5.97 Å². The second-order valence-corrected chi connectivity index (χ2v) is 7.03. The van der Waals surface area contributed by atoms with Gasteiger partial charge in [-0.2, -0.15) is 0 Å². The van der Waals surface area contributed by atoms with Crippen LogP contribution in [0.5, 0.6) is 0 Å². The second kappa shape index (κ2) is 8.22.